The van der Waals surface area contributed by atoms with E-state index < -0.39 is 30.2 Å². The summed E-state index contributed by atoms with van der Waals surface area (Å²) in [6, 6.07) is 9.22. The summed E-state index contributed by atoms with van der Waals surface area (Å²) in [5.41, 5.74) is 5.97. The number of carbonyl (C=O) groups excluding carboxylic acids is 1. The summed E-state index contributed by atoms with van der Waals surface area (Å²) in [5, 5.41) is 25.2. The first kappa shape index (κ1) is 24.5. The van der Waals surface area contributed by atoms with Crippen molar-refractivity contribution < 1.29 is 38.9 Å². The maximum atomic E-state index is 12.6. The number of carboxylic acids is 1. The van der Waals surface area contributed by atoms with Gasteiger partial charge in [0.1, 0.15) is 12.1 Å². The van der Waals surface area contributed by atoms with Crippen molar-refractivity contribution in [1.29, 1.82) is 0 Å². The molecular weight excluding hydrogens is 434 g/mol. The van der Waals surface area contributed by atoms with E-state index in [-0.39, 0.29) is 30.7 Å². The van der Waals surface area contributed by atoms with Gasteiger partial charge in [-0.05, 0) is 44.1 Å². The van der Waals surface area contributed by atoms with Crippen molar-refractivity contribution in [2.75, 3.05) is 6.61 Å². The number of carboxylic acid groups (broad SMARTS) is 1. The maximum absolute atomic E-state index is 12.6. The number of ether oxygens (including phenoxy) is 3. The highest BCUT2D eigenvalue weighted by atomic mass is 16.9. The van der Waals surface area contributed by atoms with Crippen LogP contribution in [0.1, 0.15) is 38.2 Å². The molecule has 0 unspecified atom stereocenters. The number of hydrogen-bond donors (Lipinski definition) is 4. The Bertz CT molecular complexity index is 875. The molecule has 11 heteroatoms. The molecule has 1 aromatic rings. The molecule has 180 valence electrons. The molecule has 5 N–H and O–H groups in total. The van der Waals surface area contributed by atoms with Crippen LogP contribution in [0.15, 0.2) is 47.3 Å². The maximum Gasteiger partial charge on any atom is 0.408 e. The van der Waals surface area contributed by atoms with Crippen molar-refractivity contribution in [2.24, 2.45) is 16.8 Å². The Morgan fingerprint density at radius 3 is 2.52 bits per heavy atom. The van der Waals surface area contributed by atoms with Crippen molar-refractivity contribution in [1.82, 2.24) is 5.32 Å². The molecule has 1 amide bonds. The molecule has 11 nitrogen and oxygen atoms in total. The predicted octanol–water partition coefficient (Wildman–Crippen LogP) is 1.81. The Balaban J connectivity index is 1.71. The van der Waals surface area contributed by atoms with E-state index in [2.05, 4.69) is 10.5 Å². The third-order valence-electron chi connectivity index (χ3n) is 5.64. The van der Waals surface area contributed by atoms with Crippen LogP contribution in [0.5, 0.6) is 0 Å². The Hall–Kier alpha value is -3.15. The minimum Gasteiger partial charge on any atom is -0.478 e. The van der Waals surface area contributed by atoms with Gasteiger partial charge in [-0.1, -0.05) is 35.5 Å². The zero-order chi connectivity index (χ0) is 23.8. The first-order valence-electron chi connectivity index (χ1n) is 10.7. The number of nitrogens with zero attached hydrogens (tertiary/aromatic N) is 1. The van der Waals surface area contributed by atoms with Gasteiger partial charge in [0.2, 0.25) is 6.29 Å². The third kappa shape index (κ3) is 6.67. The number of rotatable bonds is 9. The Kier molecular flexibility index (Phi) is 8.26. The number of carbonyl (C=O) groups is 2. The van der Waals surface area contributed by atoms with Crippen molar-refractivity contribution in [3.8, 4) is 0 Å². The number of hydrogen-bond acceptors (Lipinski definition) is 8. The van der Waals surface area contributed by atoms with Crippen LogP contribution in [0.4, 0.5) is 4.79 Å². The summed E-state index contributed by atoms with van der Waals surface area (Å²) < 4.78 is 15.9. The average molecular weight is 463 g/mol. The molecular formula is C22H29N3O8. The second-order valence-electron chi connectivity index (χ2n) is 8.02. The Morgan fingerprint density at radius 1 is 1.27 bits per heavy atom. The molecule has 0 atom stereocenters. The number of oxime groups is 1. The van der Waals surface area contributed by atoms with Gasteiger partial charge >= 0.3 is 12.1 Å². The molecule has 0 aromatic heterocycles. The van der Waals surface area contributed by atoms with E-state index in [1.807, 2.05) is 30.3 Å². The lowest BCUT2D eigenvalue weighted by atomic mass is 9.76. The smallest absolute Gasteiger partial charge is 0.408 e. The number of aliphatic carboxylic acids is 1. The molecule has 2 aliphatic rings. The van der Waals surface area contributed by atoms with Gasteiger partial charge in [-0.25, -0.2) is 9.59 Å². The van der Waals surface area contributed by atoms with Crippen LogP contribution in [0.3, 0.4) is 0 Å². The molecule has 0 bridgehead atoms. The highest BCUT2D eigenvalue weighted by molar-refractivity contribution is 5.93. The fraction of sp³-hybridized carbons (Fsp3) is 0.500. The summed E-state index contributed by atoms with van der Waals surface area (Å²) in [4.78, 5) is 28.9. The number of aliphatic hydroxyl groups excluding tert-OH is 1. The zero-order valence-electron chi connectivity index (χ0n) is 18.3. The van der Waals surface area contributed by atoms with Gasteiger partial charge in [-0.15, -0.1) is 0 Å². The van der Waals surface area contributed by atoms with E-state index in [1.54, 1.807) is 6.92 Å². The van der Waals surface area contributed by atoms with Crippen LogP contribution in [0.25, 0.3) is 0 Å². The minimum absolute atomic E-state index is 0.0299. The van der Waals surface area contributed by atoms with Gasteiger partial charge in [0, 0.05) is 6.61 Å². The number of amidine groups is 1. The van der Waals surface area contributed by atoms with Crippen LogP contribution >= 0.6 is 0 Å². The van der Waals surface area contributed by atoms with E-state index in [1.165, 1.54) is 0 Å². The SMILES string of the molecule is CC1OC(/C(=C/C(=O)O)ON=C(N)C2(NC(=O)OCc3ccccc3)CCC(CO)CC2)O1. The van der Waals surface area contributed by atoms with Crippen LogP contribution in [-0.2, 0) is 30.4 Å². The summed E-state index contributed by atoms with van der Waals surface area (Å²) in [6.07, 6.45) is 0.540. The monoisotopic (exact) mass is 463 g/mol. The molecule has 1 aromatic carbocycles. The second-order valence-corrected chi connectivity index (χ2v) is 8.02. The van der Waals surface area contributed by atoms with Crippen molar-refractivity contribution in [2.45, 2.75) is 57.3 Å². The largest absolute Gasteiger partial charge is 0.478 e. The van der Waals surface area contributed by atoms with Crippen molar-refractivity contribution >= 4 is 17.9 Å². The Labute approximate surface area is 191 Å². The Morgan fingerprint density at radius 2 is 1.94 bits per heavy atom. The second kappa shape index (κ2) is 11.1. The lowest BCUT2D eigenvalue weighted by molar-refractivity contribution is -0.369. The van der Waals surface area contributed by atoms with Crippen LogP contribution in [-0.4, -0.2) is 52.8 Å². The zero-order valence-corrected chi connectivity index (χ0v) is 18.3. The molecule has 1 saturated carbocycles. The van der Waals surface area contributed by atoms with Crippen LogP contribution < -0.4 is 11.1 Å². The predicted molar refractivity (Wildman–Crippen MR) is 115 cm³/mol. The number of nitrogens with one attached hydrogen (secondary N) is 1. The van der Waals surface area contributed by atoms with Gasteiger partial charge in [0.15, 0.2) is 17.9 Å². The molecule has 1 saturated heterocycles. The van der Waals surface area contributed by atoms with Crippen molar-refractivity contribution in [3.05, 3.63) is 47.7 Å². The van der Waals surface area contributed by atoms with E-state index in [0.717, 1.165) is 11.6 Å². The fourth-order valence-corrected chi connectivity index (χ4v) is 3.69. The normalized spacial score (nSPS) is 27.9. The van der Waals surface area contributed by atoms with Gasteiger partial charge in [0.05, 0.1) is 6.08 Å². The number of alkyl carbamates (subject to hydrolysis) is 1. The first-order chi connectivity index (χ1) is 15.8. The molecule has 1 heterocycles. The highest BCUT2D eigenvalue weighted by Crippen LogP contribution is 2.33. The summed E-state index contributed by atoms with van der Waals surface area (Å²) in [5.74, 6) is -1.44. The molecule has 33 heavy (non-hydrogen) atoms. The summed E-state index contributed by atoms with van der Waals surface area (Å²) >= 11 is 0. The quantitative estimate of drug-likeness (QED) is 0.141. The van der Waals surface area contributed by atoms with E-state index in [0.29, 0.717) is 25.7 Å². The number of benzene rings is 1. The van der Waals surface area contributed by atoms with Crippen molar-refractivity contribution in [3.63, 3.8) is 0 Å². The van der Waals surface area contributed by atoms with E-state index in [4.69, 9.17) is 29.9 Å². The summed E-state index contributed by atoms with van der Waals surface area (Å²) in [6.45, 7) is 1.75. The molecule has 0 radical (unpaired) electrons. The van der Waals surface area contributed by atoms with Gasteiger partial charge in [-0.3, -0.25) is 0 Å². The molecule has 1 aliphatic heterocycles. The number of aliphatic hydroxyl groups is 1. The van der Waals surface area contributed by atoms with E-state index in [9.17, 15) is 14.7 Å². The number of nitrogens with two attached hydrogens (primary N) is 1. The standard InChI is InChI=1S/C22H29N3O8/c1-14-31-19(32-14)17(11-18(27)28)33-25-20(23)22(9-7-15(12-26)8-10-22)24-21(29)30-13-16-5-3-2-4-6-16/h2-6,11,14-15,19,26H,7-10,12-13H2,1H3,(H2,23,25)(H,24,29)(H,27,28)/b17-11-. The fourth-order valence-electron chi connectivity index (χ4n) is 3.69. The number of amides is 1. The molecule has 0 spiro atoms. The lowest BCUT2D eigenvalue weighted by Crippen LogP contribution is -2.59. The van der Waals surface area contributed by atoms with Gasteiger partial charge in [-0.2, -0.15) is 0 Å². The lowest BCUT2D eigenvalue weighted by Gasteiger charge is -2.39. The molecule has 3 rings (SSSR count). The molecule has 1 aliphatic carbocycles. The van der Waals surface area contributed by atoms with E-state index >= 15 is 0 Å². The van der Waals surface area contributed by atoms with Crippen LogP contribution in [0.2, 0.25) is 0 Å². The highest BCUT2D eigenvalue weighted by Gasteiger charge is 2.41. The van der Waals surface area contributed by atoms with Crippen LogP contribution in [0, 0.1) is 5.92 Å². The topological polar surface area (TPSA) is 162 Å². The van der Waals surface area contributed by atoms with Gasteiger partial charge in [0.25, 0.3) is 0 Å². The van der Waals surface area contributed by atoms with Gasteiger partial charge < -0.3 is 40.3 Å². The minimum atomic E-state index is -1.27. The average Bonchev–Trinajstić information content (AvgIpc) is 2.79. The summed E-state index contributed by atoms with van der Waals surface area (Å²) in [7, 11) is 0. The third-order valence-corrected chi connectivity index (χ3v) is 5.64. The molecule has 2 fully saturated rings. The first-order valence-corrected chi connectivity index (χ1v) is 10.7.